The number of benzene rings is 1. The Hall–Kier alpha value is -1.35. The molecule has 0 saturated heterocycles. The van der Waals surface area contributed by atoms with Crippen molar-refractivity contribution in [3.63, 3.8) is 0 Å². The minimum absolute atomic E-state index is 0.0466. The molecule has 0 amide bonds. The molecule has 1 aromatic carbocycles. The van der Waals surface area contributed by atoms with Crippen LogP contribution in [0.25, 0.3) is 0 Å². The number of hydrogen-bond acceptors (Lipinski definition) is 2. The molecule has 0 bridgehead atoms. The highest BCUT2D eigenvalue weighted by Crippen LogP contribution is 2.44. The molecule has 1 aliphatic rings. The third-order valence-corrected chi connectivity index (χ3v) is 4.08. The van der Waals surface area contributed by atoms with Crippen LogP contribution in [0.5, 0.6) is 0 Å². The molecule has 0 aromatic heterocycles. The van der Waals surface area contributed by atoms with E-state index in [1.807, 2.05) is 25.1 Å². The number of aliphatic carboxylic acids is 1. The van der Waals surface area contributed by atoms with E-state index in [0.717, 1.165) is 17.5 Å². The van der Waals surface area contributed by atoms with Gasteiger partial charge in [-0.2, -0.15) is 0 Å². The van der Waals surface area contributed by atoms with Crippen molar-refractivity contribution in [2.45, 2.75) is 44.6 Å². The van der Waals surface area contributed by atoms with E-state index >= 15 is 0 Å². The van der Waals surface area contributed by atoms with Gasteiger partial charge in [0.15, 0.2) is 0 Å². The maximum absolute atomic E-state index is 11.8. The summed E-state index contributed by atoms with van der Waals surface area (Å²) in [7, 11) is 0. The van der Waals surface area contributed by atoms with Gasteiger partial charge in [0.1, 0.15) is 5.54 Å². The summed E-state index contributed by atoms with van der Waals surface area (Å²) in [6, 6.07) is 7.93. The van der Waals surface area contributed by atoms with E-state index < -0.39 is 11.5 Å². The van der Waals surface area contributed by atoms with Crippen LogP contribution in [-0.4, -0.2) is 17.6 Å². The predicted molar refractivity (Wildman–Crippen MR) is 71.7 cm³/mol. The van der Waals surface area contributed by atoms with Crippen molar-refractivity contribution in [2.24, 2.45) is 0 Å². The lowest BCUT2D eigenvalue weighted by molar-refractivity contribution is -0.146. The molecule has 3 nitrogen and oxygen atoms in total. The Bertz CT molecular complexity index is 467. The largest absolute Gasteiger partial charge is 0.480 e. The Morgan fingerprint density at radius 2 is 1.89 bits per heavy atom. The minimum atomic E-state index is -0.916. The van der Waals surface area contributed by atoms with Gasteiger partial charge in [-0.3, -0.25) is 5.32 Å². The zero-order valence-corrected chi connectivity index (χ0v) is 11.3. The average molecular weight is 247 g/mol. The predicted octanol–water partition coefficient (Wildman–Crippen LogP) is 2.65. The zero-order valence-electron chi connectivity index (χ0n) is 11.3. The van der Waals surface area contributed by atoms with Crippen LogP contribution in [0, 0.1) is 0 Å². The molecular weight excluding hydrogens is 226 g/mol. The van der Waals surface area contributed by atoms with Crippen molar-refractivity contribution < 1.29 is 9.90 Å². The fourth-order valence-corrected chi connectivity index (χ4v) is 3.00. The van der Waals surface area contributed by atoms with Crippen LogP contribution in [0.1, 0.15) is 44.7 Å². The maximum atomic E-state index is 11.8. The van der Waals surface area contributed by atoms with Crippen molar-refractivity contribution in [3.8, 4) is 0 Å². The summed E-state index contributed by atoms with van der Waals surface area (Å²) < 4.78 is 0. The van der Waals surface area contributed by atoms with E-state index in [9.17, 15) is 9.90 Å². The number of fused-ring (bicyclic) bond motifs is 1. The van der Waals surface area contributed by atoms with Gasteiger partial charge >= 0.3 is 5.97 Å². The van der Waals surface area contributed by atoms with Crippen LogP contribution in [0.2, 0.25) is 0 Å². The molecule has 0 heterocycles. The number of carboxylic acids is 1. The summed E-state index contributed by atoms with van der Waals surface area (Å²) in [5.41, 5.74) is 1.21. The quantitative estimate of drug-likeness (QED) is 0.863. The van der Waals surface area contributed by atoms with Crippen LogP contribution in [0.4, 0.5) is 0 Å². The van der Waals surface area contributed by atoms with E-state index in [0.29, 0.717) is 13.0 Å². The molecule has 3 heteroatoms. The molecule has 1 aliphatic carbocycles. The van der Waals surface area contributed by atoms with Gasteiger partial charge in [-0.25, -0.2) is 4.79 Å². The third-order valence-electron chi connectivity index (χ3n) is 4.08. The fraction of sp³-hybridized carbons (Fsp3) is 0.533. The summed E-state index contributed by atoms with van der Waals surface area (Å²) in [6.45, 7) is 6.97. The van der Waals surface area contributed by atoms with Crippen molar-refractivity contribution in [2.75, 3.05) is 6.54 Å². The molecule has 98 valence electrons. The first-order chi connectivity index (χ1) is 8.44. The van der Waals surface area contributed by atoms with E-state index in [1.165, 1.54) is 0 Å². The van der Waals surface area contributed by atoms with Gasteiger partial charge in [-0.1, -0.05) is 45.0 Å². The summed E-state index contributed by atoms with van der Waals surface area (Å²) in [5, 5.41) is 12.9. The Morgan fingerprint density at radius 1 is 1.28 bits per heavy atom. The second kappa shape index (κ2) is 4.39. The topological polar surface area (TPSA) is 49.3 Å². The Labute approximate surface area is 108 Å². The molecule has 0 radical (unpaired) electrons. The first-order valence-corrected chi connectivity index (χ1v) is 6.52. The lowest BCUT2D eigenvalue weighted by atomic mass is 9.65. The molecule has 0 spiro atoms. The van der Waals surface area contributed by atoms with Crippen LogP contribution >= 0.6 is 0 Å². The number of rotatable bonds is 3. The smallest absolute Gasteiger partial charge is 0.328 e. The molecular formula is C15H21NO2. The number of carbonyl (C=O) groups is 1. The molecule has 18 heavy (non-hydrogen) atoms. The van der Waals surface area contributed by atoms with Gasteiger partial charge in [-0.15, -0.1) is 0 Å². The molecule has 0 fully saturated rings. The number of likely N-dealkylation sites (N-methyl/N-ethyl adjacent to an activating group) is 1. The van der Waals surface area contributed by atoms with Gasteiger partial charge in [0, 0.05) is 0 Å². The highest BCUT2D eigenvalue weighted by Gasteiger charge is 2.47. The SMILES string of the molecule is CCNC1(C(=O)O)CCC(C)(C)c2ccccc21. The first kappa shape index (κ1) is 13.1. The van der Waals surface area contributed by atoms with Crippen molar-refractivity contribution in [1.29, 1.82) is 0 Å². The maximum Gasteiger partial charge on any atom is 0.328 e. The van der Waals surface area contributed by atoms with Gasteiger partial charge in [0.05, 0.1) is 0 Å². The summed E-state index contributed by atoms with van der Waals surface area (Å²) in [5.74, 6) is -0.771. The van der Waals surface area contributed by atoms with Gasteiger partial charge in [-0.05, 0) is 35.9 Å². The minimum Gasteiger partial charge on any atom is -0.480 e. The first-order valence-electron chi connectivity index (χ1n) is 6.52. The van der Waals surface area contributed by atoms with Crippen LogP contribution in [0.3, 0.4) is 0 Å². The third kappa shape index (κ3) is 1.83. The number of hydrogen-bond donors (Lipinski definition) is 2. The van der Waals surface area contributed by atoms with Crippen molar-refractivity contribution in [3.05, 3.63) is 35.4 Å². The van der Waals surface area contributed by atoms with Gasteiger partial charge in [0.2, 0.25) is 0 Å². The second-order valence-corrected chi connectivity index (χ2v) is 5.67. The van der Waals surface area contributed by atoms with E-state index in [-0.39, 0.29) is 5.41 Å². The number of nitrogens with one attached hydrogen (secondary N) is 1. The van der Waals surface area contributed by atoms with Gasteiger partial charge in [0.25, 0.3) is 0 Å². The normalized spacial score (nSPS) is 25.5. The summed E-state index contributed by atoms with van der Waals surface area (Å²) >= 11 is 0. The highest BCUT2D eigenvalue weighted by atomic mass is 16.4. The lowest BCUT2D eigenvalue weighted by Crippen LogP contribution is -2.53. The number of carboxylic acid groups (broad SMARTS) is 1. The summed E-state index contributed by atoms with van der Waals surface area (Å²) in [4.78, 5) is 11.8. The molecule has 1 unspecified atom stereocenters. The standard InChI is InChI=1S/C15H21NO2/c1-4-16-15(13(17)18)10-9-14(2,3)11-7-5-6-8-12(11)15/h5-8,16H,4,9-10H2,1-3H3,(H,17,18). The zero-order chi connectivity index (χ0) is 13.4. The highest BCUT2D eigenvalue weighted by molar-refractivity contribution is 5.82. The van der Waals surface area contributed by atoms with Crippen LogP contribution < -0.4 is 5.32 Å². The molecule has 1 atom stereocenters. The molecule has 0 aliphatic heterocycles. The second-order valence-electron chi connectivity index (χ2n) is 5.67. The molecule has 2 rings (SSSR count). The molecule has 0 saturated carbocycles. The van der Waals surface area contributed by atoms with Crippen molar-refractivity contribution in [1.82, 2.24) is 5.32 Å². The van der Waals surface area contributed by atoms with Crippen molar-refractivity contribution >= 4 is 5.97 Å². The molecule has 2 N–H and O–H groups in total. The van der Waals surface area contributed by atoms with Gasteiger partial charge < -0.3 is 5.11 Å². The Morgan fingerprint density at radius 3 is 2.44 bits per heavy atom. The molecule has 1 aromatic rings. The van der Waals surface area contributed by atoms with Crippen LogP contribution in [-0.2, 0) is 15.7 Å². The average Bonchev–Trinajstić information content (AvgIpc) is 2.33. The van der Waals surface area contributed by atoms with E-state index in [4.69, 9.17) is 0 Å². The monoisotopic (exact) mass is 247 g/mol. The Balaban J connectivity index is 2.62. The summed E-state index contributed by atoms with van der Waals surface area (Å²) in [6.07, 6.45) is 1.52. The van der Waals surface area contributed by atoms with E-state index in [1.54, 1.807) is 0 Å². The lowest BCUT2D eigenvalue weighted by Gasteiger charge is -2.43. The Kier molecular flexibility index (Phi) is 3.20. The van der Waals surface area contributed by atoms with Crippen LogP contribution in [0.15, 0.2) is 24.3 Å². The van der Waals surface area contributed by atoms with E-state index in [2.05, 4.69) is 25.2 Å². The fourth-order valence-electron chi connectivity index (χ4n) is 3.00.